The number of furan rings is 1. The number of aryl methyl sites for hydroxylation is 1. The Hall–Kier alpha value is -4.44. The van der Waals surface area contributed by atoms with Crippen LogP contribution in [0.5, 0.6) is 0 Å². The van der Waals surface area contributed by atoms with Gasteiger partial charge in [-0.2, -0.15) is 0 Å². The van der Waals surface area contributed by atoms with Crippen molar-refractivity contribution >= 4 is 21.9 Å². The van der Waals surface area contributed by atoms with Gasteiger partial charge >= 0.3 is 0 Å². The quantitative estimate of drug-likeness (QED) is 0.165. The zero-order valence-electron chi connectivity index (χ0n) is 44.5. The molecule has 3 heterocycles. The van der Waals surface area contributed by atoms with E-state index in [1.165, 1.54) is 51.7 Å². The molecular formula is C58H65FIrN2O-2. The van der Waals surface area contributed by atoms with E-state index in [1.807, 2.05) is 24.4 Å². The molecule has 0 atom stereocenters. The van der Waals surface area contributed by atoms with Crippen LogP contribution in [-0.4, -0.2) is 9.97 Å². The summed E-state index contributed by atoms with van der Waals surface area (Å²) in [6, 6.07) is 29.2. The molecule has 0 fully saturated rings. The van der Waals surface area contributed by atoms with Gasteiger partial charge in [0.2, 0.25) is 0 Å². The van der Waals surface area contributed by atoms with Crippen LogP contribution in [0.3, 0.4) is 0 Å². The van der Waals surface area contributed by atoms with Crippen LogP contribution in [0.1, 0.15) is 156 Å². The molecule has 0 saturated carbocycles. The summed E-state index contributed by atoms with van der Waals surface area (Å²) in [7, 11) is 0. The number of halogens is 1. The minimum Gasteiger partial charge on any atom is -0.501 e. The number of hydrogen-bond donors (Lipinski definition) is 0. The van der Waals surface area contributed by atoms with Gasteiger partial charge in [0, 0.05) is 50.6 Å². The van der Waals surface area contributed by atoms with Gasteiger partial charge in [-0.25, -0.2) is 0 Å². The summed E-state index contributed by atoms with van der Waals surface area (Å²) in [5.74, 6) is -0.278. The van der Waals surface area contributed by atoms with Crippen LogP contribution in [0.15, 0.2) is 89.6 Å². The smallest absolute Gasteiger partial charge is 0.121 e. The minimum atomic E-state index is -2.52. The van der Waals surface area contributed by atoms with Crippen molar-refractivity contribution < 1.29 is 35.8 Å². The summed E-state index contributed by atoms with van der Waals surface area (Å²) in [6.07, 6.45) is 3.40. The van der Waals surface area contributed by atoms with Crippen molar-refractivity contribution in [1.29, 1.82) is 0 Å². The van der Waals surface area contributed by atoms with E-state index in [2.05, 4.69) is 129 Å². The van der Waals surface area contributed by atoms with Crippen molar-refractivity contribution in [3.05, 3.63) is 142 Å². The molecule has 0 N–H and O–H groups in total. The summed E-state index contributed by atoms with van der Waals surface area (Å²) in [5.41, 5.74) is 12.9. The van der Waals surface area contributed by atoms with E-state index < -0.39 is 18.6 Å². The second kappa shape index (κ2) is 15.9. The maximum atomic E-state index is 12.8. The molecule has 9 rings (SSSR count). The van der Waals surface area contributed by atoms with Crippen molar-refractivity contribution in [2.24, 2.45) is 5.41 Å². The predicted molar refractivity (Wildman–Crippen MR) is 258 cm³/mol. The molecular weight excluding hydrogens is 952 g/mol. The van der Waals surface area contributed by atoms with Crippen LogP contribution in [0.25, 0.3) is 55.6 Å². The van der Waals surface area contributed by atoms with Crippen molar-refractivity contribution in [3.63, 3.8) is 0 Å². The molecule has 0 spiro atoms. The molecule has 0 unspecified atom stereocenters. The fourth-order valence-electron chi connectivity index (χ4n) is 10.8. The van der Waals surface area contributed by atoms with E-state index >= 15 is 0 Å². The molecule has 0 aliphatic heterocycles. The van der Waals surface area contributed by atoms with Crippen molar-refractivity contribution in [3.8, 4) is 33.6 Å². The van der Waals surface area contributed by atoms with Crippen molar-refractivity contribution in [2.75, 3.05) is 0 Å². The zero-order valence-corrected chi connectivity index (χ0v) is 41.9. The largest absolute Gasteiger partial charge is 0.501 e. The Labute approximate surface area is 397 Å². The molecule has 0 amide bonds. The van der Waals surface area contributed by atoms with Gasteiger partial charge in [-0.1, -0.05) is 150 Å². The third-order valence-corrected chi connectivity index (χ3v) is 13.0. The molecule has 4 aromatic carbocycles. The first kappa shape index (κ1) is 40.1. The molecule has 3 aromatic heterocycles. The van der Waals surface area contributed by atoms with Gasteiger partial charge in [-0.3, -0.25) is 4.39 Å². The SMILES string of the molecule is CC(C)(C)c1ccc(-c2[c-]cc(F)cc2)nc1.[2H]C([2H])([2H])c1cnc(-c2[c-]ccc3c2oc2cc(-c4c5c(cc6c4C(C)(C)CC6(C)C)C(C)(C)CC5(C)C)ccc23)cc1C([2H])([2H])C(C)(C)C.[Ir]. The summed E-state index contributed by atoms with van der Waals surface area (Å²) in [4.78, 5) is 8.97. The van der Waals surface area contributed by atoms with Crippen LogP contribution in [-0.2, 0) is 53.6 Å². The number of nitrogens with zero attached hydrogens (tertiary/aromatic N) is 2. The standard InChI is InChI=1S/C43H50NO.C15H15FN.Ir/c1-25-22-44-33(18-27(25)21-39(2,3)4)30-15-13-14-29-28-17-16-26(19-34(28)45-38(29)30)35-36-31(40(5,6)23-42(36,9)10)20-32-37(35)43(11,12)24-41(32,7)8;1-15(2,3)12-6-9-14(17-10-12)11-4-7-13(16)8-5-11;/h13-14,16-20,22H,21,23-24H2,1-12H3;4,6-10H,1-3H3;/q2*-1;/i1D3,21D2;;. The van der Waals surface area contributed by atoms with Gasteiger partial charge in [0.25, 0.3) is 0 Å². The molecule has 2 aliphatic carbocycles. The molecule has 2 aliphatic rings. The molecule has 3 nitrogen and oxygen atoms in total. The second-order valence-electron chi connectivity index (χ2n) is 22.5. The van der Waals surface area contributed by atoms with Gasteiger partial charge in [-0.15, -0.1) is 48.0 Å². The third-order valence-electron chi connectivity index (χ3n) is 13.0. The second-order valence-corrected chi connectivity index (χ2v) is 22.5. The van der Waals surface area contributed by atoms with E-state index in [-0.39, 0.29) is 64.1 Å². The third kappa shape index (κ3) is 8.74. The van der Waals surface area contributed by atoms with Crippen LogP contribution >= 0.6 is 0 Å². The monoisotopic (exact) mass is 1020 g/mol. The average Bonchev–Trinajstić information content (AvgIpc) is 3.75. The Bertz CT molecular complexity index is 3000. The van der Waals surface area contributed by atoms with E-state index in [0.29, 0.717) is 16.8 Å². The van der Waals surface area contributed by atoms with Gasteiger partial charge in [-0.05, 0) is 121 Å². The molecule has 1 radical (unpaired) electrons. The number of hydrogen-bond acceptors (Lipinski definition) is 3. The Kier molecular flexibility index (Phi) is 10.1. The van der Waals surface area contributed by atoms with Gasteiger partial charge in [0.15, 0.2) is 0 Å². The van der Waals surface area contributed by atoms with Gasteiger partial charge < -0.3 is 14.4 Å². The van der Waals surface area contributed by atoms with E-state index in [0.717, 1.165) is 46.0 Å². The number of rotatable bonds is 4. The fraction of sp³-hybridized carbons (Fsp3) is 0.414. The van der Waals surface area contributed by atoms with E-state index in [4.69, 9.17) is 11.3 Å². The molecule has 5 heteroatoms. The van der Waals surface area contributed by atoms with Crippen LogP contribution in [0, 0.1) is 30.2 Å². The Morgan fingerprint density at radius 1 is 0.730 bits per heavy atom. The van der Waals surface area contributed by atoms with Gasteiger partial charge in [0.1, 0.15) is 5.58 Å². The van der Waals surface area contributed by atoms with E-state index in [1.54, 1.807) is 32.9 Å². The molecule has 63 heavy (non-hydrogen) atoms. The maximum Gasteiger partial charge on any atom is 0.121 e. The number of aromatic nitrogens is 2. The van der Waals surface area contributed by atoms with Crippen molar-refractivity contribution in [1.82, 2.24) is 9.97 Å². The summed E-state index contributed by atoms with van der Waals surface area (Å²) in [5, 5.41) is 1.89. The maximum absolute atomic E-state index is 12.8. The first-order chi connectivity index (χ1) is 30.7. The Morgan fingerprint density at radius 3 is 1.94 bits per heavy atom. The van der Waals surface area contributed by atoms with Crippen LogP contribution in [0.2, 0.25) is 0 Å². The summed E-state index contributed by atoms with van der Waals surface area (Å²) in [6.45, 7) is 28.4. The summed E-state index contributed by atoms with van der Waals surface area (Å²) < 4.78 is 62.0. The first-order valence-corrected chi connectivity index (χ1v) is 22.0. The molecule has 0 saturated heterocycles. The minimum absolute atomic E-state index is 0. The van der Waals surface area contributed by atoms with Crippen LogP contribution in [0.4, 0.5) is 4.39 Å². The number of pyridine rings is 2. The number of fused-ring (bicyclic) bond motifs is 5. The van der Waals surface area contributed by atoms with E-state index in [9.17, 15) is 4.39 Å². The number of benzene rings is 4. The molecule has 7 aromatic rings. The topological polar surface area (TPSA) is 38.9 Å². The van der Waals surface area contributed by atoms with Gasteiger partial charge in [0.05, 0.1) is 5.58 Å². The predicted octanol–water partition coefficient (Wildman–Crippen LogP) is 15.9. The van der Waals surface area contributed by atoms with Crippen molar-refractivity contribution in [2.45, 2.75) is 150 Å². The average molecular weight is 1020 g/mol. The Morgan fingerprint density at radius 2 is 1.38 bits per heavy atom. The fourth-order valence-corrected chi connectivity index (χ4v) is 10.8. The first-order valence-electron chi connectivity index (χ1n) is 24.5. The Balaban J connectivity index is 0.000000320. The molecule has 0 bridgehead atoms. The molecule has 331 valence electrons. The normalized spacial score (nSPS) is 18.5. The zero-order chi connectivity index (χ0) is 49.2. The van der Waals surface area contributed by atoms with Crippen LogP contribution < -0.4 is 0 Å². The summed E-state index contributed by atoms with van der Waals surface area (Å²) >= 11 is 0.